The first kappa shape index (κ1) is 29.7. The molecule has 0 heterocycles. The fourth-order valence-corrected chi connectivity index (χ4v) is 7.90. The molecule has 0 aliphatic heterocycles. The van der Waals surface area contributed by atoms with Gasteiger partial charge in [0.05, 0.1) is 11.4 Å². The second kappa shape index (κ2) is 14.0. The monoisotopic (exact) mass is 599 g/mol. The molecule has 0 saturated carbocycles. The summed E-state index contributed by atoms with van der Waals surface area (Å²) in [6.45, 7) is 1.26. The predicted molar refractivity (Wildman–Crippen MR) is 180 cm³/mol. The number of thioether (sulfide) groups is 1. The third-order valence-electron chi connectivity index (χ3n) is 8.36. The standard InChI is InChI=1S/C39H37NO3S/c1-42-26-29(25-40-38(41)43-27-37-35-23-13-11-21-33(35)34-22-12-14-24-36(34)37)28-44-39(30-15-5-2-6-16-30,31-17-7-3-8-18-31)32-19-9-4-10-20-32/h2-24,29,37H,25-28H2,1H3,(H,40,41)/t29-/m1/s1. The fourth-order valence-electron chi connectivity index (χ4n) is 6.29. The summed E-state index contributed by atoms with van der Waals surface area (Å²) in [6, 6.07) is 48.7. The number of carbonyl (C=O) groups is 1. The molecule has 1 aliphatic rings. The third kappa shape index (κ3) is 6.17. The number of rotatable bonds is 12. The highest BCUT2D eigenvalue weighted by Gasteiger charge is 2.37. The SMILES string of the molecule is COC[C@@H](CNC(=O)OCC1c2ccccc2-c2ccccc21)CSC(c1ccccc1)(c1ccccc1)c1ccccc1. The fraction of sp³-hybridized carbons (Fsp3) is 0.205. The van der Waals surface area contributed by atoms with Crippen LogP contribution in [0.15, 0.2) is 140 Å². The van der Waals surface area contributed by atoms with Crippen molar-refractivity contribution in [3.63, 3.8) is 0 Å². The van der Waals surface area contributed by atoms with Crippen LogP contribution >= 0.6 is 11.8 Å². The van der Waals surface area contributed by atoms with Gasteiger partial charge in [-0.05, 0) is 38.9 Å². The van der Waals surface area contributed by atoms with E-state index in [-0.39, 0.29) is 11.8 Å². The van der Waals surface area contributed by atoms with Crippen LogP contribution in [0.25, 0.3) is 11.1 Å². The van der Waals surface area contributed by atoms with Gasteiger partial charge in [0.15, 0.2) is 0 Å². The molecule has 5 aromatic carbocycles. The van der Waals surface area contributed by atoms with E-state index in [1.807, 2.05) is 23.9 Å². The van der Waals surface area contributed by atoms with E-state index < -0.39 is 10.8 Å². The van der Waals surface area contributed by atoms with Gasteiger partial charge in [0, 0.05) is 31.2 Å². The van der Waals surface area contributed by atoms with E-state index in [2.05, 4.69) is 133 Å². The zero-order chi connectivity index (χ0) is 30.2. The topological polar surface area (TPSA) is 47.6 Å². The van der Waals surface area contributed by atoms with Gasteiger partial charge in [-0.25, -0.2) is 4.79 Å². The number of fused-ring (bicyclic) bond motifs is 3. The van der Waals surface area contributed by atoms with Gasteiger partial charge >= 0.3 is 6.09 Å². The van der Waals surface area contributed by atoms with Crippen LogP contribution in [-0.4, -0.2) is 38.7 Å². The van der Waals surface area contributed by atoms with Gasteiger partial charge in [-0.2, -0.15) is 0 Å². The molecule has 5 aromatic rings. The van der Waals surface area contributed by atoms with Crippen molar-refractivity contribution in [3.8, 4) is 11.1 Å². The Balaban J connectivity index is 1.17. The summed E-state index contributed by atoms with van der Waals surface area (Å²) in [5, 5.41) is 3.04. The van der Waals surface area contributed by atoms with Crippen molar-refractivity contribution in [2.45, 2.75) is 10.7 Å². The minimum atomic E-state index is -0.431. The van der Waals surface area contributed by atoms with E-state index >= 15 is 0 Å². The normalized spacial score (nSPS) is 13.1. The molecular formula is C39H37NO3S. The Morgan fingerprint density at radius 1 is 0.705 bits per heavy atom. The molecule has 1 aliphatic carbocycles. The first-order valence-corrected chi connectivity index (χ1v) is 16.1. The summed E-state index contributed by atoms with van der Waals surface area (Å²) in [5.41, 5.74) is 8.47. The molecule has 222 valence electrons. The molecule has 44 heavy (non-hydrogen) atoms. The molecule has 0 bridgehead atoms. The summed E-state index contributed by atoms with van der Waals surface area (Å²) in [7, 11) is 1.71. The van der Waals surface area contributed by atoms with E-state index in [1.54, 1.807) is 7.11 Å². The molecule has 0 unspecified atom stereocenters. The lowest BCUT2D eigenvalue weighted by molar-refractivity contribution is 0.133. The number of ether oxygens (including phenoxy) is 2. The minimum Gasteiger partial charge on any atom is -0.449 e. The van der Waals surface area contributed by atoms with Crippen molar-refractivity contribution in [3.05, 3.63) is 167 Å². The molecule has 0 spiro atoms. The number of nitrogens with one attached hydrogen (secondary N) is 1. The first-order chi connectivity index (χ1) is 21.7. The number of hydrogen-bond acceptors (Lipinski definition) is 4. The lowest BCUT2D eigenvalue weighted by atomic mass is 9.84. The highest BCUT2D eigenvalue weighted by Crippen LogP contribution is 2.49. The number of hydrogen-bond donors (Lipinski definition) is 1. The van der Waals surface area contributed by atoms with Crippen LogP contribution in [0.5, 0.6) is 0 Å². The molecule has 1 N–H and O–H groups in total. The molecule has 6 rings (SSSR count). The van der Waals surface area contributed by atoms with E-state index in [4.69, 9.17) is 9.47 Å². The van der Waals surface area contributed by atoms with Gasteiger partial charge in [0.1, 0.15) is 6.61 Å². The smallest absolute Gasteiger partial charge is 0.407 e. The van der Waals surface area contributed by atoms with Gasteiger partial charge in [-0.3, -0.25) is 0 Å². The summed E-state index contributed by atoms with van der Waals surface area (Å²) < 4.78 is 11.0. The van der Waals surface area contributed by atoms with Crippen LogP contribution < -0.4 is 5.32 Å². The number of carbonyl (C=O) groups excluding carboxylic acids is 1. The number of amides is 1. The number of methoxy groups -OCH3 is 1. The van der Waals surface area contributed by atoms with Gasteiger partial charge in [-0.1, -0.05) is 140 Å². The Morgan fingerprint density at radius 3 is 1.64 bits per heavy atom. The number of benzene rings is 5. The molecule has 5 heteroatoms. The van der Waals surface area contributed by atoms with Gasteiger partial charge in [-0.15, -0.1) is 11.8 Å². The highest BCUT2D eigenvalue weighted by atomic mass is 32.2. The van der Waals surface area contributed by atoms with Crippen LogP contribution in [0.1, 0.15) is 33.7 Å². The largest absolute Gasteiger partial charge is 0.449 e. The Kier molecular flexibility index (Phi) is 9.45. The second-order valence-electron chi connectivity index (χ2n) is 11.1. The first-order valence-electron chi connectivity index (χ1n) is 15.1. The van der Waals surface area contributed by atoms with Gasteiger partial charge < -0.3 is 14.8 Å². The van der Waals surface area contributed by atoms with Crippen LogP contribution in [0.3, 0.4) is 0 Å². The second-order valence-corrected chi connectivity index (χ2v) is 12.4. The molecule has 0 radical (unpaired) electrons. The molecule has 0 saturated heterocycles. The lowest BCUT2D eigenvalue weighted by Crippen LogP contribution is -2.35. The molecule has 0 fully saturated rings. The highest BCUT2D eigenvalue weighted by molar-refractivity contribution is 8.00. The molecular weight excluding hydrogens is 563 g/mol. The van der Waals surface area contributed by atoms with Crippen molar-refractivity contribution in [2.75, 3.05) is 32.6 Å². The summed E-state index contributed by atoms with van der Waals surface area (Å²) >= 11 is 1.87. The van der Waals surface area contributed by atoms with Crippen LogP contribution in [0.4, 0.5) is 4.79 Å². The zero-order valence-electron chi connectivity index (χ0n) is 24.9. The van der Waals surface area contributed by atoms with Crippen molar-refractivity contribution >= 4 is 17.9 Å². The summed E-state index contributed by atoms with van der Waals surface area (Å²) in [6.07, 6.45) is -0.404. The molecule has 1 amide bonds. The van der Waals surface area contributed by atoms with Gasteiger partial charge in [0.2, 0.25) is 0 Å². The van der Waals surface area contributed by atoms with Gasteiger partial charge in [0.25, 0.3) is 0 Å². The Hall–Kier alpha value is -4.32. The van der Waals surface area contributed by atoms with Crippen molar-refractivity contribution in [1.29, 1.82) is 0 Å². The maximum atomic E-state index is 13.0. The molecule has 1 atom stereocenters. The van der Waals surface area contributed by atoms with E-state index in [0.29, 0.717) is 19.8 Å². The number of alkyl carbamates (subject to hydrolysis) is 1. The lowest BCUT2D eigenvalue weighted by Gasteiger charge is -2.36. The van der Waals surface area contributed by atoms with E-state index in [9.17, 15) is 4.79 Å². The maximum absolute atomic E-state index is 13.0. The van der Waals surface area contributed by atoms with E-state index in [0.717, 1.165) is 5.75 Å². The minimum absolute atomic E-state index is 0.0294. The van der Waals surface area contributed by atoms with Crippen molar-refractivity contribution in [2.24, 2.45) is 5.92 Å². The predicted octanol–water partition coefficient (Wildman–Crippen LogP) is 8.51. The van der Waals surface area contributed by atoms with Crippen LogP contribution in [0.2, 0.25) is 0 Å². The quantitative estimate of drug-likeness (QED) is 0.146. The Labute approximate surface area is 264 Å². The van der Waals surface area contributed by atoms with Crippen molar-refractivity contribution in [1.82, 2.24) is 5.32 Å². The Morgan fingerprint density at radius 2 is 1.16 bits per heavy atom. The molecule has 4 nitrogen and oxygen atoms in total. The van der Waals surface area contributed by atoms with Crippen LogP contribution in [0, 0.1) is 5.92 Å². The summed E-state index contributed by atoms with van der Waals surface area (Å²) in [4.78, 5) is 13.0. The Bertz CT molecular complexity index is 1520. The summed E-state index contributed by atoms with van der Waals surface area (Å²) in [5.74, 6) is 0.860. The zero-order valence-corrected chi connectivity index (χ0v) is 25.7. The van der Waals surface area contributed by atoms with Crippen molar-refractivity contribution < 1.29 is 14.3 Å². The average molecular weight is 600 g/mol. The van der Waals surface area contributed by atoms with E-state index in [1.165, 1.54) is 38.9 Å². The average Bonchev–Trinajstić information content (AvgIpc) is 3.41. The maximum Gasteiger partial charge on any atom is 0.407 e. The third-order valence-corrected chi connectivity index (χ3v) is 10.1. The molecule has 0 aromatic heterocycles. The van der Waals surface area contributed by atoms with Crippen LogP contribution in [-0.2, 0) is 14.2 Å².